The Morgan fingerprint density at radius 3 is 2.88 bits per heavy atom. The molecule has 0 fully saturated rings. The fraction of sp³-hybridized carbons (Fsp3) is 0.500. The summed E-state index contributed by atoms with van der Waals surface area (Å²) >= 11 is 0. The van der Waals surface area contributed by atoms with Crippen molar-refractivity contribution in [2.75, 3.05) is 13.1 Å². The predicted octanol–water partition coefficient (Wildman–Crippen LogP) is 0.892. The highest BCUT2D eigenvalue weighted by Crippen LogP contribution is 2.19. The Labute approximate surface area is 101 Å². The largest absolute Gasteiger partial charge is 0.505 e. The number of carbonyl (C=O) groups excluding carboxylic acids is 1. The van der Waals surface area contributed by atoms with E-state index in [4.69, 9.17) is 5.73 Å². The zero-order valence-corrected chi connectivity index (χ0v) is 10.2. The van der Waals surface area contributed by atoms with Crippen LogP contribution in [0.25, 0.3) is 0 Å². The van der Waals surface area contributed by atoms with Crippen LogP contribution >= 0.6 is 0 Å². The highest BCUT2D eigenvalue weighted by atomic mass is 16.3. The first-order valence-electron chi connectivity index (χ1n) is 5.57. The molecule has 0 saturated heterocycles. The molecule has 0 bridgehead atoms. The highest BCUT2D eigenvalue weighted by molar-refractivity contribution is 5.96. The molecule has 1 rings (SSSR count). The lowest BCUT2D eigenvalue weighted by Gasteiger charge is -2.24. The second-order valence-corrected chi connectivity index (χ2v) is 4.78. The van der Waals surface area contributed by atoms with Crippen molar-refractivity contribution >= 4 is 5.91 Å². The van der Waals surface area contributed by atoms with Gasteiger partial charge in [0.15, 0.2) is 0 Å². The molecule has 1 amide bonds. The first kappa shape index (κ1) is 13.4. The zero-order valence-electron chi connectivity index (χ0n) is 10.2. The number of amides is 1. The van der Waals surface area contributed by atoms with E-state index in [1.165, 1.54) is 18.5 Å². The smallest absolute Gasteiger partial charge is 0.255 e. The van der Waals surface area contributed by atoms with Crippen LogP contribution in [0.1, 0.15) is 30.6 Å². The van der Waals surface area contributed by atoms with E-state index in [1.54, 1.807) is 0 Å². The maximum Gasteiger partial charge on any atom is 0.255 e. The number of hydrogen-bond donors (Lipinski definition) is 3. The summed E-state index contributed by atoms with van der Waals surface area (Å²) < 4.78 is 0. The van der Waals surface area contributed by atoms with Crippen LogP contribution < -0.4 is 11.1 Å². The maximum absolute atomic E-state index is 11.8. The monoisotopic (exact) mass is 237 g/mol. The fourth-order valence-electron chi connectivity index (χ4n) is 1.47. The zero-order chi connectivity index (χ0) is 12.9. The molecule has 0 aliphatic carbocycles. The van der Waals surface area contributed by atoms with Crippen molar-refractivity contribution in [1.82, 2.24) is 10.3 Å². The number of nitrogens with zero attached hydrogens (tertiary/aromatic N) is 1. The number of nitrogens with one attached hydrogen (secondary N) is 1. The first-order chi connectivity index (χ1) is 7.96. The maximum atomic E-state index is 11.8. The van der Waals surface area contributed by atoms with E-state index in [9.17, 15) is 9.90 Å². The second kappa shape index (κ2) is 5.63. The molecule has 1 aromatic heterocycles. The van der Waals surface area contributed by atoms with Gasteiger partial charge in [0.1, 0.15) is 5.75 Å². The van der Waals surface area contributed by atoms with Gasteiger partial charge in [-0.25, -0.2) is 0 Å². The number of hydrogen-bond acceptors (Lipinski definition) is 4. The number of rotatable bonds is 5. The molecular weight excluding hydrogens is 218 g/mol. The topological polar surface area (TPSA) is 88.2 Å². The van der Waals surface area contributed by atoms with Gasteiger partial charge in [0, 0.05) is 12.7 Å². The predicted molar refractivity (Wildman–Crippen MR) is 65.7 cm³/mol. The van der Waals surface area contributed by atoms with Crippen LogP contribution in [-0.4, -0.2) is 29.1 Å². The summed E-state index contributed by atoms with van der Waals surface area (Å²) in [6, 6.07) is 1.49. The Kier molecular flexibility index (Phi) is 4.45. The van der Waals surface area contributed by atoms with Crippen molar-refractivity contribution in [1.29, 1.82) is 0 Å². The van der Waals surface area contributed by atoms with Crippen LogP contribution in [0, 0.1) is 5.41 Å². The summed E-state index contributed by atoms with van der Waals surface area (Å²) in [5.74, 6) is -0.406. The third-order valence-corrected chi connectivity index (χ3v) is 2.59. The van der Waals surface area contributed by atoms with Crippen molar-refractivity contribution in [2.24, 2.45) is 11.1 Å². The van der Waals surface area contributed by atoms with E-state index < -0.39 is 0 Å². The molecule has 0 unspecified atom stereocenters. The van der Waals surface area contributed by atoms with Gasteiger partial charge in [-0.05, 0) is 24.4 Å². The van der Waals surface area contributed by atoms with Crippen LogP contribution in [0.15, 0.2) is 18.5 Å². The van der Waals surface area contributed by atoms with Crippen molar-refractivity contribution in [3.8, 4) is 5.75 Å². The molecule has 17 heavy (non-hydrogen) atoms. The lowest BCUT2D eigenvalue weighted by molar-refractivity contribution is 0.0932. The van der Waals surface area contributed by atoms with Gasteiger partial charge in [-0.1, -0.05) is 13.8 Å². The van der Waals surface area contributed by atoms with Crippen LogP contribution in [-0.2, 0) is 0 Å². The summed E-state index contributed by atoms with van der Waals surface area (Å²) in [5.41, 5.74) is 5.69. The second-order valence-electron chi connectivity index (χ2n) is 4.78. The molecule has 0 saturated carbocycles. The van der Waals surface area contributed by atoms with E-state index in [2.05, 4.69) is 10.3 Å². The van der Waals surface area contributed by atoms with E-state index >= 15 is 0 Å². The van der Waals surface area contributed by atoms with E-state index in [0.29, 0.717) is 13.1 Å². The Hall–Kier alpha value is -1.62. The Morgan fingerprint density at radius 2 is 2.29 bits per heavy atom. The van der Waals surface area contributed by atoms with Gasteiger partial charge in [-0.15, -0.1) is 0 Å². The van der Waals surface area contributed by atoms with E-state index in [1.807, 2.05) is 13.8 Å². The van der Waals surface area contributed by atoms with Crippen molar-refractivity contribution in [2.45, 2.75) is 20.3 Å². The molecule has 0 atom stereocenters. The highest BCUT2D eigenvalue weighted by Gasteiger charge is 2.19. The van der Waals surface area contributed by atoms with Crippen LogP contribution in [0.5, 0.6) is 5.75 Å². The van der Waals surface area contributed by atoms with E-state index in [-0.39, 0.29) is 22.6 Å². The third kappa shape index (κ3) is 4.03. The van der Waals surface area contributed by atoms with Gasteiger partial charge in [0.2, 0.25) is 0 Å². The van der Waals surface area contributed by atoms with Gasteiger partial charge >= 0.3 is 0 Å². The molecular formula is C12H19N3O2. The molecule has 4 N–H and O–H groups in total. The number of pyridine rings is 1. The molecule has 1 heterocycles. The fourth-order valence-corrected chi connectivity index (χ4v) is 1.47. The van der Waals surface area contributed by atoms with Crippen LogP contribution in [0.4, 0.5) is 0 Å². The van der Waals surface area contributed by atoms with Crippen LogP contribution in [0.3, 0.4) is 0 Å². The van der Waals surface area contributed by atoms with Crippen LogP contribution in [0.2, 0.25) is 0 Å². The van der Waals surface area contributed by atoms with Gasteiger partial charge < -0.3 is 16.2 Å². The number of aromatic nitrogens is 1. The molecule has 0 aromatic carbocycles. The molecule has 0 aliphatic rings. The Balaban J connectivity index is 2.59. The van der Waals surface area contributed by atoms with Gasteiger partial charge in [0.05, 0.1) is 11.8 Å². The summed E-state index contributed by atoms with van der Waals surface area (Å²) in [7, 11) is 0. The standard InChI is InChI=1S/C12H19N3O2/c1-12(2,4-5-13)8-15-11(17)9-3-6-14-7-10(9)16/h3,6-7,16H,4-5,8,13H2,1-2H3,(H,15,17). The molecule has 5 heteroatoms. The summed E-state index contributed by atoms with van der Waals surface area (Å²) in [5, 5.41) is 12.3. The minimum absolute atomic E-state index is 0.0486. The molecule has 0 spiro atoms. The minimum atomic E-state index is -0.296. The average molecular weight is 237 g/mol. The summed E-state index contributed by atoms with van der Waals surface area (Å²) in [4.78, 5) is 15.5. The van der Waals surface area contributed by atoms with Crippen molar-refractivity contribution in [3.05, 3.63) is 24.0 Å². The van der Waals surface area contributed by atoms with Crippen molar-refractivity contribution in [3.63, 3.8) is 0 Å². The first-order valence-corrected chi connectivity index (χ1v) is 5.57. The van der Waals surface area contributed by atoms with E-state index in [0.717, 1.165) is 6.42 Å². The molecule has 5 nitrogen and oxygen atoms in total. The third-order valence-electron chi connectivity index (χ3n) is 2.59. The summed E-state index contributed by atoms with van der Waals surface area (Å²) in [6.07, 6.45) is 3.55. The Morgan fingerprint density at radius 1 is 1.59 bits per heavy atom. The normalized spacial score (nSPS) is 11.2. The number of carbonyl (C=O) groups is 1. The summed E-state index contributed by atoms with van der Waals surface area (Å²) in [6.45, 7) is 5.17. The van der Waals surface area contributed by atoms with Gasteiger partial charge in [-0.3, -0.25) is 9.78 Å². The molecule has 0 radical (unpaired) electrons. The average Bonchev–Trinajstić information content (AvgIpc) is 2.27. The number of aromatic hydroxyl groups is 1. The van der Waals surface area contributed by atoms with Gasteiger partial charge in [-0.2, -0.15) is 0 Å². The molecule has 1 aromatic rings. The Bertz CT molecular complexity index is 391. The lowest BCUT2D eigenvalue weighted by atomic mass is 9.89. The SMILES string of the molecule is CC(C)(CCN)CNC(=O)c1ccncc1O. The van der Waals surface area contributed by atoms with Crippen molar-refractivity contribution < 1.29 is 9.90 Å². The minimum Gasteiger partial charge on any atom is -0.505 e. The molecule has 94 valence electrons. The lowest BCUT2D eigenvalue weighted by Crippen LogP contribution is -2.35. The molecule has 0 aliphatic heterocycles. The quantitative estimate of drug-likeness (QED) is 0.709. The number of nitrogens with two attached hydrogens (primary N) is 1. The van der Waals surface area contributed by atoms with Gasteiger partial charge in [0.25, 0.3) is 5.91 Å².